The Morgan fingerprint density at radius 2 is 2.00 bits per heavy atom. The third kappa shape index (κ3) is 4.59. The Labute approximate surface area is 130 Å². The molecule has 1 N–H and O–H groups in total. The zero-order valence-corrected chi connectivity index (χ0v) is 13.5. The van der Waals surface area contributed by atoms with Gasteiger partial charge in [0.15, 0.2) is 6.10 Å². The van der Waals surface area contributed by atoms with Crippen LogP contribution in [-0.4, -0.2) is 55.1 Å². The van der Waals surface area contributed by atoms with Crippen molar-refractivity contribution in [3.05, 3.63) is 28.8 Å². The first-order valence-electron chi connectivity index (χ1n) is 7.12. The van der Waals surface area contributed by atoms with E-state index in [9.17, 15) is 4.79 Å². The number of hydrogen-bond donors (Lipinski definition) is 1. The molecule has 2 rings (SSSR count). The zero-order valence-electron chi connectivity index (χ0n) is 12.7. The molecule has 0 aromatic heterocycles. The van der Waals surface area contributed by atoms with Crippen LogP contribution in [0.5, 0.6) is 5.75 Å². The Morgan fingerprint density at radius 1 is 1.33 bits per heavy atom. The fourth-order valence-corrected chi connectivity index (χ4v) is 2.38. The average molecular weight is 312 g/mol. The quantitative estimate of drug-likeness (QED) is 0.919. The lowest BCUT2D eigenvalue weighted by Crippen LogP contribution is -2.54. The molecule has 0 saturated carbocycles. The lowest BCUT2D eigenvalue weighted by Gasteiger charge is -2.33. The van der Waals surface area contributed by atoms with Gasteiger partial charge in [-0.05, 0) is 44.7 Å². The number of hydrazine groups is 1. The Morgan fingerprint density at radius 3 is 2.62 bits per heavy atom. The van der Waals surface area contributed by atoms with Crippen molar-refractivity contribution >= 4 is 17.5 Å². The summed E-state index contributed by atoms with van der Waals surface area (Å²) in [5.74, 6) is 0.550. The summed E-state index contributed by atoms with van der Waals surface area (Å²) in [6.45, 7) is 7.22. The zero-order chi connectivity index (χ0) is 15.4. The first kappa shape index (κ1) is 16.1. The minimum atomic E-state index is -0.551. The van der Waals surface area contributed by atoms with Gasteiger partial charge in [0.05, 0.1) is 0 Å². The van der Waals surface area contributed by atoms with Crippen molar-refractivity contribution in [1.82, 2.24) is 15.3 Å². The minimum absolute atomic E-state index is 0.131. The second kappa shape index (κ2) is 7.11. The summed E-state index contributed by atoms with van der Waals surface area (Å²) in [6.07, 6.45) is -0.551. The van der Waals surface area contributed by atoms with Gasteiger partial charge in [0.1, 0.15) is 5.75 Å². The van der Waals surface area contributed by atoms with Crippen LogP contribution in [-0.2, 0) is 4.79 Å². The van der Waals surface area contributed by atoms with Crippen LogP contribution in [0.3, 0.4) is 0 Å². The highest BCUT2D eigenvalue weighted by molar-refractivity contribution is 6.30. The number of nitrogens with one attached hydrogen (secondary N) is 1. The summed E-state index contributed by atoms with van der Waals surface area (Å²) in [6, 6.07) is 5.37. The van der Waals surface area contributed by atoms with Crippen molar-refractivity contribution in [2.75, 3.05) is 33.2 Å². The van der Waals surface area contributed by atoms with Gasteiger partial charge in [-0.25, -0.2) is 5.01 Å². The molecule has 1 aromatic rings. The van der Waals surface area contributed by atoms with Gasteiger partial charge in [-0.1, -0.05) is 11.6 Å². The molecule has 1 aliphatic heterocycles. The van der Waals surface area contributed by atoms with Crippen LogP contribution in [0, 0.1) is 6.92 Å². The molecule has 0 radical (unpaired) electrons. The van der Waals surface area contributed by atoms with Gasteiger partial charge in [0.2, 0.25) is 0 Å². The summed E-state index contributed by atoms with van der Waals surface area (Å²) in [5, 5.41) is 2.60. The molecule has 21 heavy (non-hydrogen) atoms. The molecule has 0 spiro atoms. The third-order valence-corrected chi connectivity index (χ3v) is 3.82. The molecule has 1 aromatic carbocycles. The van der Waals surface area contributed by atoms with Crippen molar-refractivity contribution in [2.24, 2.45) is 0 Å². The molecule has 1 atom stereocenters. The van der Waals surface area contributed by atoms with Gasteiger partial charge in [-0.3, -0.25) is 10.2 Å². The summed E-state index contributed by atoms with van der Waals surface area (Å²) < 4.78 is 5.72. The molecule has 0 aliphatic carbocycles. The van der Waals surface area contributed by atoms with Crippen LogP contribution in [0.25, 0.3) is 0 Å². The standard InChI is InChI=1S/C15H22ClN3O2/c1-11-10-13(16)4-5-14(11)21-12(2)15(20)17-19-8-6-18(3)7-9-19/h4-5,10,12H,6-9H2,1-3H3,(H,17,20). The minimum Gasteiger partial charge on any atom is -0.481 e. The molecule has 5 nitrogen and oxygen atoms in total. The molecule has 0 bridgehead atoms. The number of benzene rings is 1. The molecule has 1 unspecified atom stereocenters. The summed E-state index contributed by atoms with van der Waals surface area (Å²) in [7, 11) is 2.08. The van der Waals surface area contributed by atoms with Crippen molar-refractivity contribution in [3.63, 3.8) is 0 Å². The fourth-order valence-electron chi connectivity index (χ4n) is 2.15. The number of rotatable bonds is 4. The predicted octanol–water partition coefficient (Wildman–Crippen LogP) is 1.69. The number of hydrogen-bond acceptors (Lipinski definition) is 4. The topological polar surface area (TPSA) is 44.8 Å². The summed E-state index contributed by atoms with van der Waals surface area (Å²) in [5.41, 5.74) is 3.83. The van der Waals surface area contributed by atoms with Gasteiger partial charge < -0.3 is 9.64 Å². The second-order valence-corrected chi connectivity index (χ2v) is 5.87. The number of nitrogens with zero attached hydrogens (tertiary/aromatic N) is 2. The first-order chi connectivity index (χ1) is 9.95. The van der Waals surface area contributed by atoms with Gasteiger partial charge in [0, 0.05) is 31.2 Å². The number of carbonyl (C=O) groups is 1. The fraction of sp³-hybridized carbons (Fsp3) is 0.533. The van der Waals surface area contributed by atoms with Crippen LogP contribution in [0.2, 0.25) is 5.02 Å². The van der Waals surface area contributed by atoms with E-state index in [1.807, 2.05) is 18.0 Å². The van der Waals surface area contributed by atoms with E-state index in [0.29, 0.717) is 10.8 Å². The van der Waals surface area contributed by atoms with E-state index >= 15 is 0 Å². The van der Waals surface area contributed by atoms with E-state index in [2.05, 4.69) is 17.4 Å². The van der Waals surface area contributed by atoms with Crippen LogP contribution in [0.1, 0.15) is 12.5 Å². The van der Waals surface area contributed by atoms with Gasteiger partial charge in [-0.2, -0.15) is 0 Å². The number of ether oxygens (including phenoxy) is 1. The number of aryl methyl sites for hydroxylation is 1. The monoisotopic (exact) mass is 311 g/mol. The maximum Gasteiger partial charge on any atom is 0.275 e. The van der Waals surface area contributed by atoms with Crippen LogP contribution >= 0.6 is 11.6 Å². The third-order valence-electron chi connectivity index (χ3n) is 3.58. The molecule has 116 valence electrons. The normalized spacial score (nSPS) is 18.3. The molecule has 6 heteroatoms. The van der Waals surface area contributed by atoms with Gasteiger partial charge in [-0.15, -0.1) is 0 Å². The number of amides is 1. The Balaban J connectivity index is 1.87. The van der Waals surface area contributed by atoms with Crippen molar-refractivity contribution in [2.45, 2.75) is 20.0 Å². The SMILES string of the molecule is Cc1cc(Cl)ccc1OC(C)C(=O)NN1CCN(C)CC1. The molecule has 1 fully saturated rings. The highest BCUT2D eigenvalue weighted by Crippen LogP contribution is 2.22. The van der Waals surface area contributed by atoms with Gasteiger partial charge in [0.25, 0.3) is 5.91 Å². The van der Waals surface area contributed by atoms with Crippen LogP contribution in [0.4, 0.5) is 0 Å². The summed E-state index contributed by atoms with van der Waals surface area (Å²) in [4.78, 5) is 14.4. The van der Waals surface area contributed by atoms with E-state index < -0.39 is 6.10 Å². The second-order valence-electron chi connectivity index (χ2n) is 5.44. The Hall–Kier alpha value is -1.30. The lowest BCUT2D eigenvalue weighted by atomic mass is 10.2. The maximum atomic E-state index is 12.2. The average Bonchev–Trinajstić information content (AvgIpc) is 2.44. The highest BCUT2D eigenvalue weighted by Gasteiger charge is 2.20. The van der Waals surface area contributed by atoms with E-state index in [-0.39, 0.29) is 5.91 Å². The smallest absolute Gasteiger partial charge is 0.275 e. The highest BCUT2D eigenvalue weighted by atomic mass is 35.5. The first-order valence-corrected chi connectivity index (χ1v) is 7.50. The van der Waals surface area contributed by atoms with Crippen molar-refractivity contribution in [1.29, 1.82) is 0 Å². The molecular weight excluding hydrogens is 290 g/mol. The number of halogens is 1. The lowest BCUT2D eigenvalue weighted by molar-refractivity contribution is -0.133. The molecular formula is C15H22ClN3O2. The largest absolute Gasteiger partial charge is 0.481 e. The van der Waals surface area contributed by atoms with Crippen molar-refractivity contribution < 1.29 is 9.53 Å². The molecule has 1 saturated heterocycles. The number of likely N-dealkylation sites (N-methyl/N-ethyl adjacent to an activating group) is 1. The van der Waals surface area contributed by atoms with E-state index in [0.717, 1.165) is 31.7 Å². The van der Waals surface area contributed by atoms with E-state index in [1.165, 1.54) is 0 Å². The van der Waals surface area contributed by atoms with Crippen LogP contribution < -0.4 is 10.2 Å². The molecule has 1 aliphatic rings. The predicted molar refractivity (Wildman–Crippen MR) is 83.5 cm³/mol. The van der Waals surface area contributed by atoms with Gasteiger partial charge >= 0.3 is 0 Å². The van der Waals surface area contributed by atoms with Crippen molar-refractivity contribution in [3.8, 4) is 5.75 Å². The van der Waals surface area contributed by atoms with E-state index in [4.69, 9.17) is 16.3 Å². The maximum absolute atomic E-state index is 12.2. The van der Waals surface area contributed by atoms with Crippen LogP contribution in [0.15, 0.2) is 18.2 Å². The summed E-state index contributed by atoms with van der Waals surface area (Å²) >= 11 is 5.91. The molecule has 1 amide bonds. The Kier molecular flexibility index (Phi) is 5.45. The molecule has 1 heterocycles. The number of carbonyl (C=O) groups excluding carboxylic acids is 1. The number of piperazine rings is 1. The Bertz CT molecular complexity index is 502. The van der Waals surface area contributed by atoms with E-state index in [1.54, 1.807) is 19.1 Å².